The predicted octanol–water partition coefficient (Wildman–Crippen LogP) is 2.09. The van der Waals surface area contributed by atoms with Gasteiger partial charge in [0.1, 0.15) is 11.9 Å². The van der Waals surface area contributed by atoms with Gasteiger partial charge >= 0.3 is 0 Å². The highest BCUT2D eigenvalue weighted by molar-refractivity contribution is 7.88. The number of carbonyl (C=O) groups is 2. The fourth-order valence-electron chi connectivity index (χ4n) is 2.89. The summed E-state index contributed by atoms with van der Waals surface area (Å²) >= 11 is 0. The number of nitrogens with one attached hydrogen (secondary N) is 1. The lowest BCUT2D eigenvalue weighted by Gasteiger charge is -2.32. The zero-order valence-electron chi connectivity index (χ0n) is 17.5. The van der Waals surface area contributed by atoms with Crippen LogP contribution in [0.25, 0.3) is 0 Å². The Morgan fingerprint density at radius 2 is 1.74 bits per heavy atom. The number of carbonyl (C=O) groups excluding carboxylic acids is 2. The van der Waals surface area contributed by atoms with Gasteiger partial charge in [0.2, 0.25) is 21.8 Å². The van der Waals surface area contributed by atoms with E-state index in [0.29, 0.717) is 11.1 Å². The summed E-state index contributed by atoms with van der Waals surface area (Å²) in [7, 11) is -2.32. The molecule has 1 atom stereocenters. The Morgan fingerprint density at radius 1 is 1.13 bits per heavy atom. The highest BCUT2D eigenvalue weighted by Gasteiger charge is 2.32. The van der Waals surface area contributed by atoms with E-state index >= 15 is 0 Å². The molecule has 1 N–H and O–H groups in total. The average molecular weight is 448 g/mol. The molecule has 0 unspecified atom stereocenters. The van der Waals surface area contributed by atoms with Crippen LogP contribution in [-0.2, 0) is 26.2 Å². The van der Waals surface area contributed by atoms with E-state index in [1.165, 1.54) is 42.3 Å². The first-order valence-electron chi connectivity index (χ1n) is 9.52. The van der Waals surface area contributed by atoms with Gasteiger partial charge in [-0.25, -0.2) is 12.8 Å². The summed E-state index contributed by atoms with van der Waals surface area (Å²) in [5.41, 5.74) is 1.15. The number of benzene rings is 2. The number of hydrogen-bond donors (Lipinski definition) is 1. The Balaban J connectivity index is 2.48. The van der Waals surface area contributed by atoms with Gasteiger partial charge in [0, 0.05) is 20.1 Å². The molecule has 7 nitrogen and oxygen atoms in total. The maximum atomic E-state index is 13.3. The summed E-state index contributed by atoms with van der Waals surface area (Å²) in [6, 6.07) is 13.2. The molecule has 0 saturated carbocycles. The van der Waals surface area contributed by atoms with Crippen LogP contribution >= 0.6 is 0 Å². The molecule has 0 heterocycles. The Morgan fingerprint density at radius 3 is 2.29 bits per heavy atom. The largest absolute Gasteiger partial charge is 0.351 e. The van der Waals surface area contributed by atoms with Gasteiger partial charge in [-0.1, -0.05) is 48.5 Å². The number of likely N-dealkylation sites (N-methyl/N-ethyl adjacent to an activating group) is 1. The molecule has 2 aromatic carbocycles. The first-order valence-corrected chi connectivity index (χ1v) is 11.4. The van der Waals surface area contributed by atoms with Crippen LogP contribution in [0, 0.1) is 5.82 Å². The monoisotopic (exact) mass is 447 g/mol. The molecule has 0 bridgehead atoms. The number of sulfonamides is 1. The van der Waals surface area contributed by atoms with Crippen LogP contribution in [0.5, 0.6) is 0 Å². The van der Waals surface area contributed by atoms with Crippen molar-refractivity contribution >= 4 is 21.8 Å². The molecule has 0 aliphatic carbocycles. The second-order valence-corrected chi connectivity index (χ2v) is 9.10. The number of rotatable bonds is 10. The highest BCUT2D eigenvalue weighted by atomic mass is 32.2. The zero-order chi connectivity index (χ0) is 23.0. The molecule has 2 rings (SSSR count). The third-order valence-corrected chi connectivity index (χ3v) is 5.87. The van der Waals surface area contributed by atoms with Crippen molar-refractivity contribution < 1.29 is 22.4 Å². The van der Waals surface area contributed by atoms with Gasteiger partial charge in [-0.2, -0.15) is 4.31 Å². The van der Waals surface area contributed by atoms with Gasteiger partial charge in [0.05, 0.1) is 12.8 Å². The summed E-state index contributed by atoms with van der Waals surface area (Å²) in [4.78, 5) is 27.5. The lowest BCUT2D eigenvalue weighted by atomic mass is 10.0. The second-order valence-electron chi connectivity index (χ2n) is 7.01. The summed E-state index contributed by atoms with van der Waals surface area (Å²) in [6.07, 6.45) is 2.51. The van der Waals surface area contributed by atoms with E-state index in [1.54, 1.807) is 30.3 Å². The van der Waals surface area contributed by atoms with Gasteiger partial charge in [-0.15, -0.1) is 6.58 Å². The summed E-state index contributed by atoms with van der Waals surface area (Å²) in [6.45, 7) is 3.32. The molecular weight excluding hydrogens is 421 g/mol. The van der Waals surface area contributed by atoms with Crippen molar-refractivity contribution in [3.05, 3.63) is 84.2 Å². The molecule has 0 fully saturated rings. The Kier molecular flexibility index (Phi) is 8.47. The fraction of sp³-hybridized carbons (Fsp3) is 0.273. The number of halogens is 1. The molecule has 0 aliphatic rings. The van der Waals surface area contributed by atoms with E-state index in [1.807, 2.05) is 0 Å². The van der Waals surface area contributed by atoms with Crippen LogP contribution in [0.2, 0.25) is 0 Å². The maximum absolute atomic E-state index is 13.3. The summed E-state index contributed by atoms with van der Waals surface area (Å²) in [5.74, 6) is -1.44. The first-order chi connectivity index (χ1) is 14.6. The standard InChI is InChI=1S/C22H26FN3O4S/c1-4-14-24-22(28)21(18-8-6-5-7-9-18)26(15-17-10-12-19(23)13-11-17)20(27)16-25(2)31(3,29)30/h4-13,21H,1,14-16H2,2-3H3,(H,24,28)/t21-/m1/s1. The normalized spacial score (nSPS) is 12.3. The molecule has 166 valence electrons. The van der Waals surface area contributed by atoms with Crippen molar-refractivity contribution in [2.24, 2.45) is 0 Å². The average Bonchev–Trinajstić information content (AvgIpc) is 2.73. The van der Waals surface area contributed by atoms with Gasteiger partial charge in [0.15, 0.2) is 0 Å². The molecule has 9 heteroatoms. The van der Waals surface area contributed by atoms with Crippen LogP contribution in [-0.4, -0.2) is 55.8 Å². The molecule has 0 aliphatic heterocycles. The fourth-order valence-corrected chi connectivity index (χ4v) is 3.23. The van der Waals surface area contributed by atoms with Crippen molar-refractivity contribution in [2.75, 3.05) is 26.4 Å². The third kappa shape index (κ3) is 7.01. The lowest BCUT2D eigenvalue weighted by molar-refractivity contribution is -0.141. The number of amides is 2. The number of hydrogen-bond acceptors (Lipinski definition) is 4. The molecule has 0 radical (unpaired) electrons. The Bertz CT molecular complexity index is 1010. The molecule has 0 saturated heterocycles. The van der Waals surface area contributed by atoms with Crippen LogP contribution in [0.15, 0.2) is 67.3 Å². The van der Waals surface area contributed by atoms with Crippen molar-refractivity contribution in [3.8, 4) is 0 Å². The highest BCUT2D eigenvalue weighted by Crippen LogP contribution is 2.24. The lowest BCUT2D eigenvalue weighted by Crippen LogP contribution is -2.47. The van der Waals surface area contributed by atoms with Gasteiger partial charge in [-0.05, 0) is 23.3 Å². The molecule has 31 heavy (non-hydrogen) atoms. The van der Waals surface area contributed by atoms with Gasteiger partial charge < -0.3 is 10.2 Å². The van der Waals surface area contributed by atoms with E-state index in [2.05, 4.69) is 11.9 Å². The molecule has 0 aromatic heterocycles. The second kappa shape index (κ2) is 10.8. The van der Waals surface area contributed by atoms with Crippen LogP contribution in [0.3, 0.4) is 0 Å². The molecular formula is C22H26FN3O4S. The summed E-state index contributed by atoms with van der Waals surface area (Å²) in [5, 5.41) is 2.70. The van der Waals surface area contributed by atoms with E-state index < -0.39 is 40.2 Å². The maximum Gasteiger partial charge on any atom is 0.247 e. The minimum Gasteiger partial charge on any atom is -0.351 e. The zero-order valence-corrected chi connectivity index (χ0v) is 18.3. The number of nitrogens with zero attached hydrogens (tertiary/aromatic N) is 2. The van der Waals surface area contributed by atoms with E-state index in [9.17, 15) is 22.4 Å². The minimum atomic E-state index is -3.61. The first kappa shape index (κ1) is 24.2. The molecule has 0 spiro atoms. The Labute approximate surface area is 182 Å². The SMILES string of the molecule is C=CCNC(=O)[C@@H](c1ccccc1)N(Cc1ccc(F)cc1)C(=O)CN(C)S(C)(=O)=O. The van der Waals surface area contributed by atoms with E-state index in [4.69, 9.17) is 0 Å². The van der Waals surface area contributed by atoms with Crippen molar-refractivity contribution in [1.29, 1.82) is 0 Å². The van der Waals surface area contributed by atoms with Crippen LogP contribution < -0.4 is 5.32 Å². The minimum absolute atomic E-state index is 0.0161. The van der Waals surface area contributed by atoms with Crippen molar-refractivity contribution in [1.82, 2.24) is 14.5 Å². The van der Waals surface area contributed by atoms with E-state index in [0.717, 1.165) is 10.6 Å². The molecule has 2 amide bonds. The predicted molar refractivity (Wildman–Crippen MR) is 117 cm³/mol. The van der Waals surface area contributed by atoms with Crippen LogP contribution in [0.4, 0.5) is 4.39 Å². The van der Waals surface area contributed by atoms with Crippen molar-refractivity contribution in [3.63, 3.8) is 0 Å². The summed E-state index contributed by atoms with van der Waals surface area (Å²) < 4.78 is 37.9. The van der Waals surface area contributed by atoms with Crippen molar-refractivity contribution in [2.45, 2.75) is 12.6 Å². The smallest absolute Gasteiger partial charge is 0.247 e. The van der Waals surface area contributed by atoms with Gasteiger partial charge in [0.25, 0.3) is 0 Å². The van der Waals surface area contributed by atoms with Crippen LogP contribution in [0.1, 0.15) is 17.2 Å². The third-order valence-electron chi connectivity index (χ3n) is 4.61. The molecule has 2 aromatic rings. The topological polar surface area (TPSA) is 86.8 Å². The van der Waals surface area contributed by atoms with Gasteiger partial charge in [-0.3, -0.25) is 9.59 Å². The quantitative estimate of drug-likeness (QED) is 0.565. The Hall–Kier alpha value is -3.04. The van der Waals surface area contributed by atoms with E-state index in [-0.39, 0.29) is 13.1 Å².